The van der Waals surface area contributed by atoms with Crippen LogP contribution in [0, 0.1) is 0 Å². The molecular formula is C39H30N2. The Labute approximate surface area is 242 Å². The largest absolute Gasteiger partial charge is 0.204 e. The van der Waals surface area contributed by atoms with Crippen LogP contribution in [0.1, 0.15) is 33.4 Å². The molecule has 41 heavy (non-hydrogen) atoms. The summed E-state index contributed by atoms with van der Waals surface area (Å²) in [5.74, 6) is 0. The highest BCUT2D eigenvalue weighted by Crippen LogP contribution is 2.42. The SMILES string of the molecule is C(=NC(c1ccccc1)(c1ccccc1)c1ccccc1)=NC(c1ccccc1)(c1ccccc1)c1ccccc1. The van der Waals surface area contributed by atoms with Gasteiger partial charge in [-0.3, -0.25) is 0 Å². The molecule has 0 spiro atoms. The molecule has 6 aromatic carbocycles. The number of aliphatic imine (C=N–C) groups is 2. The van der Waals surface area contributed by atoms with Crippen molar-refractivity contribution < 1.29 is 0 Å². The van der Waals surface area contributed by atoms with Gasteiger partial charge in [-0.05, 0) is 33.4 Å². The number of rotatable bonds is 8. The maximum Gasteiger partial charge on any atom is 0.147 e. The number of hydrogen-bond acceptors (Lipinski definition) is 2. The van der Waals surface area contributed by atoms with E-state index >= 15 is 0 Å². The number of nitrogens with zero attached hydrogens (tertiary/aromatic N) is 2. The zero-order valence-electron chi connectivity index (χ0n) is 22.7. The highest BCUT2D eigenvalue weighted by molar-refractivity contribution is 5.59. The lowest BCUT2D eigenvalue weighted by Gasteiger charge is -2.32. The van der Waals surface area contributed by atoms with E-state index in [2.05, 4.69) is 152 Å². The van der Waals surface area contributed by atoms with Crippen LogP contribution in [0.15, 0.2) is 192 Å². The summed E-state index contributed by atoms with van der Waals surface area (Å²) in [6.45, 7) is 0. The monoisotopic (exact) mass is 526 g/mol. The van der Waals surface area contributed by atoms with Gasteiger partial charge < -0.3 is 0 Å². The summed E-state index contributed by atoms with van der Waals surface area (Å²) in [4.78, 5) is 10.6. The van der Waals surface area contributed by atoms with Crippen molar-refractivity contribution in [3.8, 4) is 0 Å². The lowest BCUT2D eigenvalue weighted by molar-refractivity contribution is 0.641. The Hall–Kier alpha value is -5.30. The van der Waals surface area contributed by atoms with Crippen LogP contribution in [-0.2, 0) is 11.1 Å². The Morgan fingerprint density at radius 3 is 0.610 bits per heavy atom. The molecule has 196 valence electrons. The molecule has 0 aliphatic carbocycles. The Bertz CT molecular complexity index is 1400. The molecule has 0 radical (unpaired) electrons. The summed E-state index contributed by atoms with van der Waals surface area (Å²) in [6, 6.07) is 65.8. The van der Waals surface area contributed by atoms with E-state index in [0.717, 1.165) is 33.4 Å². The molecule has 0 unspecified atom stereocenters. The highest BCUT2D eigenvalue weighted by Gasteiger charge is 2.38. The van der Waals surface area contributed by atoms with Crippen LogP contribution in [0.3, 0.4) is 0 Å². The van der Waals surface area contributed by atoms with Crippen molar-refractivity contribution in [2.75, 3.05) is 0 Å². The fourth-order valence-corrected chi connectivity index (χ4v) is 5.64. The van der Waals surface area contributed by atoms with Crippen LogP contribution in [0.4, 0.5) is 0 Å². The molecule has 0 saturated carbocycles. The number of benzene rings is 6. The molecule has 0 heterocycles. The molecule has 0 amide bonds. The molecule has 0 aliphatic heterocycles. The highest BCUT2D eigenvalue weighted by atomic mass is 14.9. The second-order valence-electron chi connectivity index (χ2n) is 9.94. The summed E-state index contributed by atoms with van der Waals surface area (Å²) in [6.07, 6.45) is 0. The molecule has 2 heteroatoms. The minimum Gasteiger partial charge on any atom is -0.204 e. The molecule has 6 rings (SSSR count). The van der Waals surface area contributed by atoms with Gasteiger partial charge in [0.1, 0.15) is 11.1 Å². The molecule has 0 N–H and O–H groups in total. The van der Waals surface area contributed by atoms with Crippen LogP contribution in [0.5, 0.6) is 0 Å². The van der Waals surface area contributed by atoms with Gasteiger partial charge >= 0.3 is 0 Å². The normalized spacial score (nSPS) is 11.3. The molecule has 0 fully saturated rings. The maximum absolute atomic E-state index is 5.31. The second kappa shape index (κ2) is 11.8. The Morgan fingerprint density at radius 2 is 0.439 bits per heavy atom. The van der Waals surface area contributed by atoms with Crippen molar-refractivity contribution >= 4 is 6.01 Å². The molecule has 6 aromatic rings. The quantitative estimate of drug-likeness (QED) is 0.140. The first kappa shape index (κ1) is 26.0. The smallest absolute Gasteiger partial charge is 0.147 e. The van der Waals surface area contributed by atoms with Gasteiger partial charge in [0, 0.05) is 0 Å². The molecule has 0 saturated heterocycles. The van der Waals surface area contributed by atoms with Gasteiger partial charge in [0.05, 0.1) is 6.01 Å². The van der Waals surface area contributed by atoms with Crippen molar-refractivity contribution in [1.82, 2.24) is 0 Å². The van der Waals surface area contributed by atoms with E-state index in [1.54, 1.807) is 0 Å². The third-order valence-electron chi connectivity index (χ3n) is 7.58. The van der Waals surface area contributed by atoms with Gasteiger partial charge in [-0.1, -0.05) is 182 Å². The lowest BCUT2D eigenvalue weighted by atomic mass is 9.77. The fourth-order valence-electron chi connectivity index (χ4n) is 5.64. The van der Waals surface area contributed by atoms with Gasteiger partial charge in [-0.2, -0.15) is 0 Å². The summed E-state index contributed by atoms with van der Waals surface area (Å²) >= 11 is 0. The molecule has 0 bridgehead atoms. The standard InChI is InChI=1S/C39H30N2/c1-7-19-32(20-8-1)38(33-21-9-2-10-22-33,34-23-11-3-12-24-34)40-31-41-39(35-25-13-4-14-26-35,36-27-15-5-16-28-36)37-29-17-6-18-30-37/h1-30H. The van der Waals surface area contributed by atoms with Crippen molar-refractivity contribution in [3.05, 3.63) is 215 Å². The van der Waals surface area contributed by atoms with Crippen LogP contribution >= 0.6 is 0 Å². The van der Waals surface area contributed by atoms with Crippen LogP contribution < -0.4 is 0 Å². The Kier molecular flexibility index (Phi) is 7.49. The lowest BCUT2D eigenvalue weighted by Crippen LogP contribution is -2.28. The van der Waals surface area contributed by atoms with Crippen molar-refractivity contribution in [2.45, 2.75) is 11.1 Å². The van der Waals surface area contributed by atoms with E-state index < -0.39 is 11.1 Å². The van der Waals surface area contributed by atoms with Crippen molar-refractivity contribution in [2.24, 2.45) is 9.98 Å². The first-order valence-electron chi connectivity index (χ1n) is 13.9. The predicted molar refractivity (Wildman–Crippen MR) is 168 cm³/mol. The van der Waals surface area contributed by atoms with Gasteiger partial charge in [0.2, 0.25) is 0 Å². The van der Waals surface area contributed by atoms with Crippen molar-refractivity contribution in [1.29, 1.82) is 0 Å². The molecular weight excluding hydrogens is 496 g/mol. The maximum atomic E-state index is 5.31. The van der Waals surface area contributed by atoms with Crippen LogP contribution in [0.25, 0.3) is 0 Å². The third kappa shape index (κ3) is 4.94. The van der Waals surface area contributed by atoms with E-state index in [1.165, 1.54) is 0 Å². The Morgan fingerprint density at radius 1 is 0.268 bits per heavy atom. The summed E-state index contributed by atoms with van der Waals surface area (Å²) in [7, 11) is 0. The molecule has 2 nitrogen and oxygen atoms in total. The first-order valence-corrected chi connectivity index (χ1v) is 13.9. The van der Waals surface area contributed by atoms with E-state index in [1.807, 2.05) is 36.4 Å². The Balaban J connectivity index is 1.68. The predicted octanol–water partition coefficient (Wildman–Crippen LogP) is 9.14. The second-order valence-corrected chi connectivity index (χ2v) is 9.94. The van der Waals surface area contributed by atoms with E-state index in [9.17, 15) is 0 Å². The minimum absolute atomic E-state index is 0.844. The summed E-state index contributed by atoms with van der Waals surface area (Å²) in [5, 5.41) is 0. The van der Waals surface area contributed by atoms with Crippen LogP contribution in [0.2, 0.25) is 0 Å². The molecule has 0 aromatic heterocycles. The molecule has 0 atom stereocenters. The van der Waals surface area contributed by atoms with Crippen molar-refractivity contribution in [3.63, 3.8) is 0 Å². The average Bonchev–Trinajstić information content (AvgIpc) is 3.08. The number of hydrogen-bond donors (Lipinski definition) is 0. The summed E-state index contributed by atoms with van der Waals surface area (Å²) < 4.78 is 0. The van der Waals surface area contributed by atoms with E-state index in [0.29, 0.717) is 0 Å². The van der Waals surface area contributed by atoms with Gasteiger partial charge in [-0.25, -0.2) is 9.98 Å². The van der Waals surface area contributed by atoms with E-state index in [-0.39, 0.29) is 0 Å². The molecule has 0 aliphatic rings. The van der Waals surface area contributed by atoms with Gasteiger partial charge in [0.15, 0.2) is 0 Å². The summed E-state index contributed by atoms with van der Waals surface area (Å²) in [5.41, 5.74) is 4.59. The zero-order valence-corrected chi connectivity index (χ0v) is 22.7. The average molecular weight is 527 g/mol. The fraction of sp³-hybridized carbons (Fsp3) is 0.0513. The van der Waals surface area contributed by atoms with Gasteiger partial charge in [0.25, 0.3) is 0 Å². The third-order valence-corrected chi connectivity index (χ3v) is 7.58. The van der Waals surface area contributed by atoms with Crippen LogP contribution in [-0.4, -0.2) is 6.01 Å². The topological polar surface area (TPSA) is 24.7 Å². The first-order chi connectivity index (χ1) is 20.3. The van der Waals surface area contributed by atoms with Gasteiger partial charge in [-0.15, -0.1) is 0 Å². The zero-order chi connectivity index (χ0) is 27.8. The van der Waals surface area contributed by atoms with E-state index in [4.69, 9.17) is 9.98 Å². The minimum atomic E-state index is -0.844.